The minimum Gasteiger partial charge on any atom is -0.481 e. The lowest BCUT2D eigenvalue weighted by Gasteiger charge is -2.20. The number of nitrogens with one attached hydrogen (secondary N) is 1. The highest BCUT2D eigenvalue weighted by atomic mass is 16.4. The zero-order valence-corrected chi connectivity index (χ0v) is 12.5. The van der Waals surface area contributed by atoms with Gasteiger partial charge >= 0.3 is 17.9 Å². The van der Waals surface area contributed by atoms with E-state index in [1.165, 1.54) is 6.08 Å². The van der Waals surface area contributed by atoms with E-state index >= 15 is 0 Å². The Morgan fingerprint density at radius 2 is 1.91 bits per heavy atom. The third-order valence-corrected chi connectivity index (χ3v) is 3.91. The summed E-state index contributed by atoms with van der Waals surface area (Å²) in [4.78, 5) is 32.8. The van der Waals surface area contributed by atoms with Crippen molar-refractivity contribution in [2.45, 2.75) is 26.3 Å². The van der Waals surface area contributed by atoms with Crippen LogP contribution < -0.4 is 5.32 Å². The molecule has 0 radical (unpaired) electrons. The number of carboxylic acid groups (broad SMARTS) is 3. The van der Waals surface area contributed by atoms with Gasteiger partial charge < -0.3 is 20.6 Å². The molecule has 4 atom stereocenters. The minimum atomic E-state index is -1.06. The van der Waals surface area contributed by atoms with Gasteiger partial charge in [0, 0.05) is 12.5 Å². The van der Waals surface area contributed by atoms with Crippen molar-refractivity contribution < 1.29 is 29.7 Å². The quantitative estimate of drug-likeness (QED) is 0.516. The molecule has 0 aromatic heterocycles. The summed E-state index contributed by atoms with van der Waals surface area (Å²) in [6, 6.07) is -0.883. The number of hydrogen-bond donors (Lipinski definition) is 4. The minimum absolute atomic E-state index is 0.206. The van der Waals surface area contributed by atoms with E-state index in [4.69, 9.17) is 15.3 Å². The van der Waals surface area contributed by atoms with Gasteiger partial charge in [0.1, 0.15) is 6.04 Å². The van der Waals surface area contributed by atoms with E-state index in [2.05, 4.69) is 5.32 Å². The predicted molar refractivity (Wildman–Crippen MR) is 78.4 cm³/mol. The topological polar surface area (TPSA) is 124 Å². The van der Waals surface area contributed by atoms with Crippen molar-refractivity contribution in [3.8, 4) is 0 Å². The zero-order valence-electron chi connectivity index (χ0n) is 12.5. The fraction of sp³-hybridized carbons (Fsp3) is 0.533. The van der Waals surface area contributed by atoms with Crippen LogP contribution >= 0.6 is 0 Å². The van der Waals surface area contributed by atoms with Gasteiger partial charge in [-0.3, -0.25) is 14.4 Å². The molecule has 4 N–H and O–H groups in total. The molecule has 7 nitrogen and oxygen atoms in total. The highest BCUT2D eigenvalue weighted by molar-refractivity contribution is 5.76. The first-order valence-corrected chi connectivity index (χ1v) is 6.99. The number of aliphatic carboxylic acids is 3. The monoisotopic (exact) mass is 311 g/mol. The van der Waals surface area contributed by atoms with Crippen molar-refractivity contribution in [3.63, 3.8) is 0 Å². The molecule has 0 aromatic rings. The molecule has 1 saturated heterocycles. The normalized spacial score (nSPS) is 27.0. The molecule has 0 amide bonds. The first kappa shape index (κ1) is 17.9. The number of hydrogen-bond acceptors (Lipinski definition) is 4. The maximum absolute atomic E-state index is 11.2. The zero-order chi connectivity index (χ0) is 16.9. The van der Waals surface area contributed by atoms with Gasteiger partial charge in [-0.05, 0) is 19.8 Å². The van der Waals surface area contributed by atoms with Crippen LogP contribution in [0.15, 0.2) is 23.8 Å². The summed E-state index contributed by atoms with van der Waals surface area (Å²) >= 11 is 0. The van der Waals surface area contributed by atoms with E-state index in [9.17, 15) is 14.4 Å². The summed E-state index contributed by atoms with van der Waals surface area (Å²) in [6.45, 7) is 3.73. The van der Waals surface area contributed by atoms with Crippen LogP contribution in [0.1, 0.15) is 20.3 Å². The average Bonchev–Trinajstić information content (AvgIpc) is 2.81. The fourth-order valence-electron chi connectivity index (χ4n) is 2.60. The van der Waals surface area contributed by atoms with Crippen molar-refractivity contribution in [2.75, 3.05) is 6.54 Å². The van der Waals surface area contributed by atoms with Crippen molar-refractivity contribution in [3.05, 3.63) is 23.8 Å². The van der Waals surface area contributed by atoms with Gasteiger partial charge in [0.05, 0.1) is 12.3 Å². The van der Waals surface area contributed by atoms with Gasteiger partial charge in [-0.1, -0.05) is 23.8 Å². The van der Waals surface area contributed by atoms with Crippen molar-refractivity contribution in [2.24, 2.45) is 17.8 Å². The third kappa shape index (κ3) is 4.70. The summed E-state index contributed by atoms with van der Waals surface area (Å²) in [7, 11) is 0. The van der Waals surface area contributed by atoms with E-state index in [0.717, 1.165) is 5.57 Å². The molecular formula is C15H21NO6. The molecule has 0 aromatic carbocycles. The fourth-order valence-corrected chi connectivity index (χ4v) is 2.60. The molecule has 122 valence electrons. The smallest absolute Gasteiger partial charge is 0.321 e. The van der Waals surface area contributed by atoms with Crippen LogP contribution in [-0.2, 0) is 14.4 Å². The number of allylic oxidation sites excluding steroid dienone is 2. The standard InChI is InChI=1S/C15H21NO6/c1-8(4-3-5-9(2)14(19)20)11-7-16-13(15(21)22)10(11)6-12(17)18/h3-5,9-11,13,16H,6-7H2,1-2H3,(H,17,18)(H,19,20)(H,21,22)/b5-3?,8-4+/t9-,10+,11-,13+/m1/s1. The van der Waals surface area contributed by atoms with Crippen LogP contribution in [0.3, 0.4) is 0 Å². The first-order chi connectivity index (χ1) is 10.2. The van der Waals surface area contributed by atoms with Gasteiger partial charge in [0.15, 0.2) is 0 Å². The lowest BCUT2D eigenvalue weighted by molar-refractivity contribution is -0.142. The molecule has 7 heteroatoms. The SMILES string of the molecule is C/C(=C\C=C[C@@H](C)C(=O)O)[C@H]1CN[C@H](C(=O)O)[C@H]1CC(=O)O. The molecule has 0 bridgehead atoms. The Morgan fingerprint density at radius 1 is 1.27 bits per heavy atom. The highest BCUT2D eigenvalue weighted by Crippen LogP contribution is 2.31. The van der Waals surface area contributed by atoms with E-state index in [1.807, 2.05) is 0 Å². The molecule has 1 rings (SSSR count). The second-order valence-corrected chi connectivity index (χ2v) is 5.51. The number of carbonyl (C=O) groups is 3. The molecule has 0 aliphatic carbocycles. The van der Waals surface area contributed by atoms with Crippen LogP contribution in [-0.4, -0.2) is 45.8 Å². The molecule has 0 saturated carbocycles. The highest BCUT2D eigenvalue weighted by Gasteiger charge is 2.41. The lowest BCUT2D eigenvalue weighted by Crippen LogP contribution is -2.36. The Bertz CT molecular complexity index is 510. The summed E-state index contributed by atoms with van der Waals surface area (Å²) in [5, 5.41) is 29.7. The van der Waals surface area contributed by atoms with Crippen LogP contribution in [0.4, 0.5) is 0 Å². The van der Waals surface area contributed by atoms with Crippen LogP contribution in [0, 0.1) is 17.8 Å². The molecule has 0 unspecified atom stereocenters. The van der Waals surface area contributed by atoms with Crippen LogP contribution in [0.25, 0.3) is 0 Å². The maximum atomic E-state index is 11.2. The van der Waals surface area contributed by atoms with Gasteiger partial charge in [-0.15, -0.1) is 0 Å². The third-order valence-electron chi connectivity index (χ3n) is 3.91. The van der Waals surface area contributed by atoms with Gasteiger partial charge in [-0.25, -0.2) is 0 Å². The number of carboxylic acids is 3. The number of rotatable bonds is 7. The first-order valence-electron chi connectivity index (χ1n) is 6.99. The average molecular weight is 311 g/mol. The second kappa shape index (κ2) is 7.74. The van der Waals surface area contributed by atoms with Crippen molar-refractivity contribution >= 4 is 17.9 Å². The second-order valence-electron chi connectivity index (χ2n) is 5.51. The Balaban J connectivity index is 2.85. The Kier molecular flexibility index (Phi) is 6.30. The maximum Gasteiger partial charge on any atom is 0.321 e. The van der Waals surface area contributed by atoms with Crippen LogP contribution in [0.2, 0.25) is 0 Å². The van der Waals surface area contributed by atoms with Gasteiger partial charge in [0.2, 0.25) is 0 Å². The van der Waals surface area contributed by atoms with Crippen molar-refractivity contribution in [1.29, 1.82) is 0 Å². The molecule has 0 spiro atoms. The summed E-state index contributed by atoms with van der Waals surface area (Å²) in [5.74, 6) is -4.38. The van der Waals surface area contributed by atoms with Crippen molar-refractivity contribution in [1.82, 2.24) is 5.32 Å². The van der Waals surface area contributed by atoms with Crippen LogP contribution in [0.5, 0.6) is 0 Å². The van der Waals surface area contributed by atoms with Gasteiger partial charge in [-0.2, -0.15) is 0 Å². The molecule has 22 heavy (non-hydrogen) atoms. The molecule has 1 heterocycles. The van der Waals surface area contributed by atoms with E-state index in [1.54, 1.807) is 26.0 Å². The summed E-state index contributed by atoms with van der Waals surface area (Å²) in [5.41, 5.74) is 0.830. The molecule has 1 aliphatic heterocycles. The largest absolute Gasteiger partial charge is 0.481 e. The Labute approximate surface area is 128 Å². The van der Waals surface area contributed by atoms with E-state index in [-0.39, 0.29) is 12.3 Å². The predicted octanol–water partition coefficient (Wildman–Crippen LogP) is 0.973. The molecule has 1 aliphatic rings. The van der Waals surface area contributed by atoms with Gasteiger partial charge in [0.25, 0.3) is 0 Å². The van der Waals surface area contributed by atoms with E-state index < -0.39 is 35.8 Å². The molecular weight excluding hydrogens is 290 g/mol. The lowest BCUT2D eigenvalue weighted by atomic mass is 9.83. The summed E-state index contributed by atoms with van der Waals surface area (Å²) < 4.78 is 0. The molecule has 1 fully saturated rings. The Morgan fingerprint density at radius 3 is 2.41 bits per heavy atom. The Hall–Kier alpha value is -2.15. The summed E-state index contributed by atoms with van der Waals surface area (Å²) in [6.07, 6.45) is 4.62. The van der Waals surface area contributed by atoms with E-state index in [0.29, 0.717) is 6.54 Å².